The molecule has 1 aliphatic rings. The molecular formula is C19H21FN2O. The van der Waals surface area contributed by atoms with Crippen molar-refractivity contribution in [1.82, 2.24) is 5.32 Å². The number of nitrogens with zero attached hydrogens (tertiary/aromatic N) is 1. The number of amides is 1. The number of hydrogen-bond acceptors (Lipinski definition) is 2. The highest BCUT2D eigenvalue weighted by atomic mass is 19.1. The second-order valence-corrected chi connectivity index (χ2v) is 5.93. The van der Waals surface area contributed by atoms with Gasteiger partial charge in [0, 0.05) is 24.8 Å². The number of carbonyl (C=O) groups is 1. The van der Waals surface area contributed by atoms with Crippen LogP contribution >= 0.6 is 0 Å². The minimum Gasteiger partial charge on any atom is -0.367 e. The third-order valence-electron chi connectivity index (χ3n) is 4.28. The van der Waals surface area contributed by atoms with Crippen molar-refractivity contribution in [3.63, 3.8) is 0 Å². The maximum Gasteiger partial charge on any atom is 0.224 e. The Morgan fingerprint density at radius 3 is 2.61 bits per heavy atom. The van der Waals surface area contributed by atoms with Gasteiger partial charge in [-0.25, -0.2) is 4.39 Å². The van der Waals surface area contributed by atoms with Gasteiger partial charge in [0.15, 0.2) is 0 Å². The summed E-state index contributed by atoms with van der Waals surface area (Å²) in [6.07, 6.45) is 2.53. The van der Waals surface area contributed by atoms with Crippen LogP contribution in [-0.4, -0.2) is 25.0 Å². The largest absolute Gasteiger partial charge is 0.367 e. The Balaban J connectivity index is 1.53. The first-order valence-electron chi connectivity index (χ1n) is 8.05. The molecule has 120 valence electrons. The molecule has 1 atom stereocenters. The van der Waals surface area contributed by atoms with Gasteiger partial charge in [-0.15, -0.1) is 0 Å². The number of rotatable bonds is 5. The second-order valence-electron chi connectivity index (χ2n) is 5.93. The summed E-state index contributed by atoms with van der Waals surface area (Å²) in [6.45, 7) is 1.68. The summed E-state index contributed by atoms with van der Waals surface area (Å²) in [5.74, 6) is -0.296. The molecule has 0 radical (unpaired) electrons. The number of halogens is 1. The van der Waals surface area contributed by atoms with Crippen molar-refractivity contribution in [1.29, 1.82) is 0 Å². The molecule has 0 aromatic heterocycles. The molecule has 2 aromatic carbocycles. The molecule has 0 aliphatic carbocycles. The predicted molar refractivity (Wildman–Crippen MR) is 89.9 cm³/mol. The fourth-order valence-electron chi connectivity index (χ4n) is 3.09. The van der Waals surface area contributed by atoms with Crippen molar-refractivity contribution >= 4 is 11.6 Å². The van der Waals surface area contributed by atoms with E-state index in [1.807, 2.05) is 18.2 Å². The van der Waals surface area contributed by atoms with Crippen LogP contribution in [-0.2, 0) is 11.2 Å². The Kier molecular flexibility index (Phi) is 4.91. The molecule has 0 bridgehead atoms. The average molecular weight is 312 g/mol. The van der Waals surface area contributed by atoms with Crippen LogP contribution < -0.4 is 10.2 Å². The summed E-state index contributed by atoms with van der Waals surface area (Å²) in [5, 5.41) is 3.01. The lowest BCUT2D eigenvalue weighted by molar-refractivity contribution is -0.120. The Hall–Kier alpha value is -2.36. The van der Waals surface area contributed by atoms with Gasteiger partial charge in [0.25, 0.3) is 0 Å². The molecule has 1 N–H and O–H groups in total. The molecule has 3 nitrogen and oxygen atoms in total. The second kappa shape index (κ2) is 7.27. The lowest BCUT2D eigenvalue weighted by Crippen LogP contribution is -2.40. The van der Waals surface area contributed by atoms with Crippen molar-refractivity contribution in [2.24, 2.45) is 0 Å². The van der Waals surface area contributed by atoms with Crippen LogP contribution in [0.2, 0.25) is 0 Å². The molecule has 1 fully saturated rings. The summed E-state index contributed by atoms with van der Waals surface area (Å²) in [5.41, 5.74) is 2.04. The highest BCUT2D eigenvalue weighted by molar-refractivity contribution is 5.78. The van der Waals surface area contributed by atoms with Gasteiger partial charge in [-0.1, -0.05) is 30.3 Å². The third-order valence-corrected chi connectivity index (χ3v) is 4.28. The van der Waals surface area contributed by atoms with Crippen molar-refractivity contribution < 1.29 is 9.18 Å². The van der Waals surface area contributed by atoms with E-state index in [4.69, 9.17) is 0 Å². The molecule has 1 amide bonds. The van der Waals surface area contributed by atoms with Crippen LogP contribution in [0, 0.1) is 5.82 Å². The van der Waals surface area contributed by atoms with E-state index in [1.165, 1.54) is 17.8 Å². The van der Waals surface area contributed by atoms with Gasteiger partial charge in [0.05, 0.1) is 6.42 Å². The van der Waals surface area contributed by atoms with Crippen molar-refractivity contribution in [2.45, 2.75) is 25.3 Å². The molecule has 1 heterocycles. The SMILES string of the molecule is O=C(Cc1ccc(F)cc1)NCC1CCCN1c1ccccc1. The van der Waals surface area contributed by atoms with E-state index in [9.17, 15) is 9.18 Å². The monoisotopic (exact) mass is 312 g/mol. The normalized spacial score (nSPS) is 17.3. The van der Waals surface area contributed by atoms with E-state index < -0.39 is 0 Å². The Bertz CT molecular complexity index is 642. The van der Waals surface area contributed by atoms with Crippen LogP contribution in [0.25, 0.3) is 0 Å². The Morgan fingerprint density at radius 1 is 1.13 bits per heavy atom. The highest BCUT2D eigenvalue weighted by Gasteiger charge is 2.24. The number of benzene rings is 2. The van der Waals surface area contributed by atoms with Crippen LogP contribution in [0.5, 0.6) is 0 Å². The zero-order chi connectivity index (χ0) is 16.1. The summed E-state index contributed by atoms with van der Waals surface area (Å²) in [4.78, 5) is 14.4. The number of carbonyl (C=O) groups excluding carboxylic acids is 1. The minimum absolute atomic E-state index is 0.0171. The summed E-state index contributed by atoms with van der Waals surface area (Å²) >= 11 is 0. The highest BCUT2D eigenvalue weighted by Crippen LogP contribution is 2.24. The smallest absolute Gasteiger partial charge is 0.224 e. The molecule has 0 spiro atoms. The van der Waals surface area contributed by atoms with Gasteiger partial charge in [0.2, 0.25) is 5.91 Å². The maximum absolute atomic E-state index is 12.9. The first kappa shape index (κ1) is 15.5. The Morgan fingerprint density at radius 2 is 1.87 bits per heavy atom. The number of anilines is 1. The van der Waals surface area contributed by atoms with E-state index in [-0.39, 0.29) is 11.7 Å². The summed E-state index contributed by atoms with van der Waals surface area (Å²) in [6, 6.07) is 16.7. The zero-order valence-electron chi connectivity index (χ0n) is 13.0. The van der Waals surface area contributed by atoms with Gasteiger partial charge in [-0.2, -0.15) is 0 Å². The standard InChI is InChI=1S/C19H21FN2O/c20-16-10-8-15(9-11-16)13-19(23)21-14-18-7-4-12-22(18)17-5-2-1-3-6-17/h1-3,5-6,8-11,18H,4,7,12-14H2,(H,21,23). The number of para-hydroxylation sites is 1. The maximum atomic E-state index is 12.9. The van der Waals surface area contributed by atoms with E-state index in [0.717, 1.165) is 24.9 Å². The summed E-state index contributed by atoms with van der Waals surface area (Å²) < 4.78 is 12.9. The first-order valence-corrected chi connectivity index (χ1v) is 8.05. The van der Waals surface area contributed by atoms with Crippen LogP contribution in [0.15, 0.2) is 54.6 Å². The molecule has 0 saturated carbocycles. The topological polar surface area (TPSA) is 32.3 Å². The van der Waals surface area contributed by atoms with Crippen LogP contribution in [0.3, 0.4) is 0 Å². The van der Waals surface area contributed by atoms with Crippen molar-refractivity contribution in [3.05, 3.63) is 66.0 Å². The van der Waals surface area contributed by atoms with E-state index in [2.05, 4.69) is 22.3 Å². The number of hydrogen-bond donors (Lipinski definition) is 1. The molecular weight excluding hydrogens is 291 g/mol. The minimum atomic E-state index is -0.279. The third kappa shape index (κ3) is 4.09. The van der Waals surface area contributed by atoms with Gasteiger partial charge in [0.1, 0.15) is 5.82 Å². The molecule has 3 rings (SSSR count). The fraction of sp³-hybridized carbons (Fsp3) is 0.316. The molecule has 1 aliphatic heterocycles. The first-order chi connectivity index (χ1) is 11.2. The van der Waals surface area contributed by atoms with Gasteiger partial charge in [-0.05, 0) is 42.7 Å². The molecule has 1 unspecified atom stereocenters. The van der Waals surface area contributed by atoms with E-state index >= 15 is 0 Å². The van der Waals surface area contributed by atoms with Crippen molar-refractivity contribution in [3.8, 4) is 0 Å². The summed E-state index contributed by atoms with van der Waals surface area (Å²) in [7, 11) is 0. The zero-order valence-corrected chi connectivity index (χ0v) is 13.0. The predicted octanol–water partition coefficient (Wildman–Crippen LogP) is 3.15. The fourth-order valence-corrected chi connectivity index (χ4v) is 3.09. The Labute approximate surface area is 136 Å². The molecule has 1 saturated heterocycles. The van der Waals surface area contributed by atoms with Gasteiger partial charge >= 0.3 is 0 Å². The van der Waals surface area contributed by atoms with E-state index in [1.54, 1.807) is 12.1 Å². The molecule has 2 aromatic rings. The quantitative estimate of drug-likeness (QED) is 0.920. The molecule has 4 heteroatoms. The van der Waals surface area contributed by atoms with E-state index in [0.29, 0.717) is 19.0 Å². The van der Waals surface area contributed by atoms with Crippen LogP contribution in [0.1, 0.15) is 18.4 Å². The lowest BCUT2D eigenvalue weighted by Gasteiger charge is -2.27. The average Bonchev–Trinajstić information content (AvgIpc) is 3.04. The van der Waals surface area contributed by atoms with Gasteiger partial charge < -0.3 is 10.2 Å². The molecule has 23 heavy (non-hydrogen) atoms. The van der Waals surface area contributed by atoms with Gasteiger partial charge in [-0.3, -0.25) is 4.79 Å². The number of nitrogens with one attached hydrogen (secondary N) is 1. The van der Waals surface area contributed by atoms with Crippen LogP contribution in [0.4, 0.5) is 10.1 Å². The lowest BCUT2D eigenvalue weighted by atomic mass is 10.1. The van der Waals surface area contributed by atoms with Crippen molar-refractivity contribution in [2.75, 3.05) is 18.0 Å².